The number of carbonyl (C=O) groups is 2. The van der Waals surface area contributed by atoms with E-state index in [1.165, 1.54) is 12.1 Å². The average Bonchev–Trinajstić information content (AvgIpc) is 3.17. The van der Waals surface area contributed by atoms with Crippen LogP contribution in [0.4, 0.5) is 11.4 Å². The van der Waals surface area contributed by atoms with Crippen LogP contribution in [0.1, 0.15) is 28.4 Å². The van der Waals surface area contributed by atoms with Gasteiger partial charge in [0.1, 0.15) is 0 Å². The number of thioether (sulfide) groups is 1. The molecule has 1 fully saturated rings. The van der Waals surface area contributed by atoms with Crippen LogP contribution < -0.4 is 14.9 Å². The first-order chi connectivity index (χ1) is 19.5. The molecule has 1 N–H and O–H groups in total. The number of nitro benzene ring substituents is 2. The van der Waals surface area contributed by atoms with Gasteiger partial charge in [0.25, 0.3) is 17.5 Å². The van der Waals surface area contributed by atoms with Crippen LogP contribution in [-0.4, -0.2) is 37.6 Å². The van der Waals surface area contributed by atoms with Crippen molar-refractivity contribution in [2.45, 2.75) is 13.8 Å². The van der Waals surface area contributed by atoms with Crippen molar-refractivity contribution in [3.05, 3.63) is 101 Å². The van der Waals surface area contributed by atoms with E-state index in [1.807, 2.05) is 6.92 Å². The van der Waals surface area contributed by atoms with Gasteiger partial charge in [-0.2, -0.15) is 5.01 Å². The zero-order valence-corrected chi connectivity index (χ0v) is 23.7. The standard InChI is InChI=1S/C26H19ClN4O8S2/c1-3-38-22-11-15(5-8-21(22)39-20-9-6-16(30(34)35)13-19(20)31(36)37)12-23-25(33)29(26(40)41-23)28-24(32)17-7-4-14(2)10-18(17)27/h4-13H,3H2,1-2H3,(H,28,32)/b23-12+. The van der Waals surface area contributed by atoms with E-state index in [1.54, 1.807) is 37.3 Å². The average molecular weight is 615 g/mol. The van der Waals surface area contributed by atoms with Crippen LogP contribution in [0.5, 0.6) is 17.2 Å². The topological polar surface area (TPSA) is 154 Å². The number of hydrogen-bond donors (Lipinski definition) is 1. The summed E-state index contributed by atoms with van der Waals surface area (Å²) in [5, 5.41) is 23.7. The molecule has 1 saturated heterocycles. The summed E-state index contributed by atoms with van der Waals surface area (Å²) in [6.07, 6.45) is 1.53. The first-order valence-corrected chi connectivity index (χ1v) is 13.3. The third-order valence-electron chi connectivity index (χ3n) is 5.51. The predicted molar refractivity (Wildman–Crippen MR) is 156 cm³/mol. The number of amides is 2. The van der Waals surface area contributed by atoms with Crippen molar-refractivity contribution in [2.24, 2.45) is 0 Å². The van der Waals surface area contributed by atoms with Gasteiger partial charge in [0, 0.05) is 6.07 Å². The number of nitrogens with zero attached hydrogens (tertiary/aromatic N) is 3. The van der Waals surface area contributed by atoms with Crippen molar-refractivity contribution in [3.8, 4) is 17.2 Å². The number of nitro groups is 2. The molecule has 2 amide bonds. The monoisotopic (exact) mass is 614 g/mol. The Kier molecular flexibility index (Phi) is 8.86. The van der Waals surface area contributed by atoms with E-state index >= 15 is 0 Å². The molecule has 3 aromatic carbocycles. The van der Waals surface area contributed by atoms with E-state index in [0.717, 1.165) is 40.5 Å². The molecule has 0 radical (unpaired) electrons. The van der Waals surface area contributed by atoms with Crippen molar-refractivity contribution >= 4 is 69.2 Å². The van der Waals surface area contributed by atoms with Crippen molar-refractivity contribution in [3.63, 3.8) is 0 Å². The maximum atomic E-state index is 13.1. The molecule has 0 spiro atoms. The number of hydrogen-bond acceptors (Lipinski definition) is 10. The molecule has 0 atom stereocenters. The van der Waals surface area contributed by atoms with Crippen LogP contribution in [0.15, 0.2) is 59.5 Å². The first-order valence-electron chi connectivity index (χ1n) is 11.7. The van der Waals surface area contributed by atoms with Crippen LogP contribution in [0, 0.1) is 27.2 Å². The normalized spacial score (nSPS) is 13.8. The van der Waals surface area contributed by atoms with Gasteiger partial charge in [-0.05, 0) is 73.6 Å². The van der Waals surface area contributed by atoms with E-state index < -0.39 is 33.0 Å². The van der Waals surface area contributed by atoms with Gasteiger partial charge in [-0.15, -0.1) is 0 Å². The fourth-order valence-electron chi connectivity index (χ4n) is 3.62. The molecule has 12 nitrogen and oxygen atoms in total. The number of non-ortho nitro benzene ring substituents is 1. The van der Waals surface area contributed by atoms with Crippen molar-refractivity contribution in [2.75, 3.05) is 6.61 Å². The predicted octanol–water partition coefficient (Wildman–Crippen LogP) is 6.20. The Hall–Kier alpha value is -4.53. The number of thiocarbonyl (C=S) groups is 1. The molecular formula is C26H19ClN4O8S2. The summed E-state index contributed by atoms with van der Waals surface area (Å²) in [5.74, 6) is -1.08. The summed E-state index contributed by atoms with van der Waals surface area (Å²) in [6.45, 7) is 3.77. The Balaban J connectivity index is 1.57. The number of halogens is 1. The lowest BCUT2D eigenvalue weighted by atomic mass is 10.1. The highest BCUT2D eigenvalue weighted by atomic mass is 35.5. The molecule has 0 aromatic heterocycles. The first kappa shape index (κ1) is 29.5. The van der Waals surface area contributed by atoms with E-state index in [2.05, 4.69) is 5.43 Å². The molecule has 15 heteroatoms. The molecule has 1 aliphatic rings. The number of aryl methyl sites for hydroxylation is 1. The molecular weight excluding hydrogens is 596 g/mol. The fourth-order valence-corrected chi connectivity index (χ4v) is 5.12. The Morgan fingerprint density at radius 3 is 2.46 bits per heavy atom. The molecule has 3 aromatic rings. The second-order valence-corrected chi connectivity index (χ2v) is 10.4. The molecule has 0 unspecified atom stereocenters. The lowest BCUT2D eigenvalue weighted by molar-refractivity contribution is -0.394. The zero-order chi connectivity index (χ0) is 29.8. The molecule has 210 valence electrons. The second-order valence-electron chi connectivity index (χ2n) is 8.35. The van der Waals surface area contributed by atoms with Crippen LogP contribution >= 0.6 is 35.6 Å². The van der Waals surface area contributed by atoms with Crippen molar-refractivity contribution < 1.29 is 28.9 Å². The molecule has 0 aliphatic carbocycles. The van der Waals surface area contributed by atoms with Crippen molar-refractivity contribution in [1.29, 1.82) is 0 Å². The van der Waals surface area contributed by atoms with Gasteiger partial charge in [0.15, 0.2) is 15.8 Å². The molecule has 0 saturated carbocycles. The zero-order valence-electron chi connectivity index (χ0n) is 21.3. The van der Waals surface area contributed by atoms with Gasteiger partial charge in [-0.1, -0.05) is 35.5 Å². The Bertz CT molecular complexity index is 1650. The lowest BCUT2D eigenvalue weighted by Gasteiger charge is -2.16. The van der Waals surface area contributed by atoms with Crippen LogP contribution in [-0.2, 0) is 4.79 Å². The number of nitrogens with one attached hydrogen (secondary N) is 1. The number of carbonyl (C=O) groups excluding carboxylic acids is 2. The van der Waals surface area contributed by atoms with Gasteiger partial charge in [-0.3, -0.25) is 35.2 Å². The highest BCUT2D eigenvalue weighted by Crippen LogP contribution is 2.39. The van der Waals surface area contributed by atoms with Gasteiger partial charge in [0.05, 0.1) is 38.0 Å². The van der Waals surface area contributed by atoms with Gasteiger partial charge < -0.3 is 9.47 Å². The maximum absolute atomic E-state index is 13.1. The minimum absolute atomic E-state index is 0.105. The largest absolute Gasteiger partial charge is 0.490 e. The molecule has 1 heterocycles. The highest BCUT2D eigenvalue weighted by Gasteiger charge is 2.34. The third kappa shape index (κ3) is 6.62. The molecule has 1 aliphatic heterocycles. The smallest absolute Gasteiger partial charge is 0.318 e. The number of ether oxygens (including phenoxy) is 2. The fraction of sp³-hybridized carbons (Fsp3) is 0.115. The minimum Gasteiger partial charge on any atom is -0.490 e. The van der Waals surface area contributed by atoms with Crippen LogP contribution in [0.2, 0.25) is 5.02 Å². The highest BCUT2D eigenvalue weighted by molar-refractivity contribution is 8.26. The summed E-state index contributed by atoms with van der Waals surface area (Å²) in [6, 6.07) is 12.5. The van der Waals surface area contributed by atoms with E-state index in [-0.39, 0.29) is 43.7 Å². The van der Waals surface area contributed by atoms with E-state index in [0.29, 0.717) is 5.56 Å². The molecule has 41 heavy (non-hydrogen) atoms. The number of hydrazine groups is 1. The Morgan fingerprint density at radius 1 is 1.07 bits per heavy atom. The van der Waals surface area contributed by atoms with Crippen molar-refractivity contribution in [1.82, 2.24) is 10.4 Å². The van der Waals surface area contributed by atoms with Gasteiger partial charge in [0.2, 0.25) is 5.75 Å². The SMILES string of the molecule is CCOc1cc(/C=C2/SC(=S)N(NC(=O)c3ccc(C)cc3Cl)C2=O)ccc1Oc1ccc([N+](=O)[O-])cc1[N+](=O)[O-]. The quantitative estimate of drug-likeness (QED) is 0.127. The van der Waals surface area contributed by atoms with Gasteiger partial charge in [-0.25, -0.2) is 0 Å². The molecule has 4 rings (SSSR count). The van der Waals surface area contributed by atoms with Crippen LogP contribution in [0.25, 0.3) is 6.08 Å². The number of benzene rings is 3. The third-order valence-corrected chi connectivity index (χ3v) is 7.13. The summed E-state index contributed by atoms with van der Waals surface area (Å²) in [5.41, 5.74) is 2.98. The van der Waals surface area contributed by atoms with Gasteiger partial charge >= 0.3 is 5.69 Å². The Labute approximate surface area is 247 Å². The summed E-state index contributed by atoms with van der Waals surface area (Å²) in [7, 11) is 0. The Morgan fingerprint density at radius 2 is 1.80 bits per heavy atom. The molecule has 0 bridgehead atoms. The lowest BCUT2D eigenvalue weighted by Crippen LogP contribution is -2.44. The second kappa shape index (κ2) is 12.3. The van der Waals surface area contributed by atoms with E-state index in [4.69, 9.17) is 33.3 Å². The maximum Gasteiger partial charge on any atom is 0.318 e. The summed E-state index contributed by atoms with van der Waals surface area (Å²) in [4.78, 5) is 47.0. The number of rotatable bonds is 9. The van der Waals surface area contributed by atoms with Crippen LogP contribution in [0.3, 0.4) is 0 Å². The summed E-state index contributed by atoms with van der Waals surface area (Å²) >= 11 is 12.4. The minimum atomic E-state index is -0.787. The van der Waals surface area contributed by atoms with E-state index in [9.17, 15) is 29.8 Å². The summed E-state index contributed by atoms with van der Waals surface area (Å²) < 4.78 is 11.4.